The Hall–Kier alpha value is -8.82. The first kappa shape index (κ1) is 95.0. The van der Waals surface area contributed by atoms with Crippen LogP contribution in [0, 0.1) is 17.8 Å². The van der Waals surface area contributed by atoms with Gasteiger partial charge in [-0.05, 0) is 142 Å². The van der Waals surface area contributed by atoms with Crippen LogP contribution in [0.2, 0.25) is 0 Å². The van der Waals surface area contributed by atoms with Crippen molar-refractivity contribution < 1.29 is 70.2 Å². The second kappa shape index (κ2) is 48.7. The number of nitrogens with two attached hydrogens (primary N) is 2. The molecule has 0 aromatic heterocycles. The predicted molar refractivity (Wildman–Crippen MR) is 446 cm³/mol. The molecule has 8 aromatic carbocycles. The first-order valence-corrected chi connectivity index (χ1v) is 42.7. The largest absolute Gasteiger partial charge is 0.392 e. The average Bonchev–Trinajstić information content (AvgIpc) is 1.81. The highest BCUT2D eigenvalue weighted by Gasteiger charge is 2.36. The number of azide groups is 2. The monoisotopic (exact) mass is 1640 g/mol. The number of hydrogen-bond acceptors (Lipinski definition) is 19. The molecular weight excluding hydrogens is 1530 g/mol. The van der Waals surface area contributed by atoms with Gasteiger partial charge >= 0.3 is 0 Å². The minimum atomic E-state index is -3.91. The van der Waals surface area contributed by atoms with Gasteiger partial charge in [-0.15, -0.1) is 0 Å². The molecule has 10 atom stereocenters. The second-order valence-corrected chi connectivity index (χ2v) is 35.4. The lowest BCUT2D eigenvalue weighted by Crippen LogP contribution is -2.50. The zero-order valence-corrected chi connectivity index (χ0v) is 68.9. The lowest BCUT2D eigenvalue weighted by molar-refractivity contribution is -0.120. The molecule has 0 aliphatic carbocycles. The van der Waals surface area contributed by atoms with Gasteiger partial charge in [0.25, 0.3) is 0 Å². The lowest BCUT2D eigenvalue weighted by atomic mass is 10.0. The van der Waals surface area contributed by atoms with Crippen molar-refractivity contribution in [1.29, 1.82) is 0 Å². The summed E-state index contributed by atoms with van der Waals surface area (Å²) in [6, 6.07) is 65.1. The molecule has 0 spiro atoms. The van der Waals surface area contributed by atoms with E-state index in [1.54, 1.807) is 36.4 Å². The number of carbonyl (C=O) groups excluding carboxylic acids is 1. The van der Waals surface area contributed by atoms with Crippen molar-refractivity contribution >= 4 is 36.0 Å². The topological polar surface area (TPSA) is 437 Å². The summed E-state index contributed by atoms with van der Waals surface area (Å²) in [4.78, 5) is 17.7. The van der Waals surface area contributed by atoms with Crippen molar-refractivity contribution in [2.24, 2.45) is 39.4 Å². The molecule has 11 N–H and O–H groups in total. The van der Waals surface area contributed by atoms with Gasteiger partial charge in [-0.25, -0.2) is 25.3 Å². The first-order chi connectivity index (χ1) is 54.9. The van der Waals surface area contributed by atoms with Crippen LogP contribution in [0.4, 0.5) is 0 Å². The Morgan fingerprint density at radius 1 is 0.417 bits per heavy atom. The molecule has 622 valence electrons. The molecule has 1 amide bonds. The SMILES string of the molecule is CC(=O)N[C@@H](Cc1ccccc1)[C@H](O)CN(CC(C)C)S(=O)(=O)c1cccc(CO)c1.CC(C)CN(C[C@@H](O)[C@@H](N)Cc1ccccc1)S(=O)(=O)c1ccc(CO)cc1.CC(C)CN(C[C@@H](O)[C@@H](N)Cc1ccccc1)S(=O)(=O)c1cccc(CO)c1.[N-]=[N+]=N[C@@H](Cc1ccccc1)[C@H]1CO1.[N-]=[N+]=N[C@@H](Cc1ccccc1)[C@H]1CO1. The van der Waals surface area contributed by atoms with Crippen LogP contribution in [0.1, 0.15) is 93.0 Å². The minimum absolute atomic E-state index is 0.0244. The maximum Gasteiger partial charge on any atom is 0.243 e. The molecule has 8 aromatic rings. The molecule has 0 unspecified atom stereocenters. The highest BCUT2D eigenvalue weighted by Crippen LogP contribution is 2.26. The number of hydrogen-bond donors (Lipinski definition) is 9. The third-order valence-corrected chi connectivity index (χ3v) is 23.9. The zero-order chi connectivity index (χ0) is 84.1. The van der Waals surface area contributed by atoms with Crippen LogP contribution in [0.15, 0.2) is 249 Å². The highest BCUT2D eigenvalue weighted by atomic mass is 32.2. The van der Waals surface area contributed by atoms with Gasteiger partial charge in [-0.3, -0.25) is 4.79 Å². The summed E-state index contributed by atoms with van der Waals surface area (Å²) >= 11 is 0. The minimum Gasteiger partial charge on any atom is -0.392 e. The Labute approximate surface area is 678 Å². The van der Waals surface area contributed by atoms with E-state index < -0.39 is 66.5 Å². The van der Waals surface area contributed by atoms with Crippen LogP contribution in [-0.4, -0.2) is 188 Å². The van der Waals surface area contributed by atoms with E-state index in [1.807, 2.05) is 193 Å². The van der Waals surface area contributed by atoms with Crippen LogP contribution < -0.4 is 16.8 Å². The molecule has 30 heteroatoms. The number of ether oxygens (including phenoxy) is 2. The van der Waals surface area contributed by atoms with E-state index in [0.717, 1.165) is 42.7 Å². The maximum atomic E-state index is 13.3. The van der Waals surface area contributed by atoms with Crippen LogP contribution in [0.25, 0.3) is 20.9 Å². The Bertz CT molecular complexity index is 4540. The fourth-order valence-corrected chi connectivity index (χ4v) is 17.2. The third kappa shape index (κ3) is 33.4. The summed E-state index contributed by atoms with van der Waals surface area (Å²) in [7, 11) is -11.5. The fourth-order valence-electron chi connectivity index (χ4n) is 12.2. The molecule has 27 nitrogen and oxygen atoms in total. The standard InChI is InChI=1S/C23H32N2O5S.2C21H30N2O4S.2C10H11N3O/c1-17(2)14-25(31(29,30)21-11-7-10-20(12-21)16-26)15-23(28)22(24-18(3)27)13-19-8-5-4-6-9-19;1-16(2)13-23(28(26,27)19-10-6-9-18(11-19)15-24)14-21(25)20(22)12-17-7-4-3-5-8-17;1-16(2)13-23(28(26,27)19-10-8-18(15-24)9-11-19)14-21(25)20(22)12-17-6-4-3-5-7-17;2*11-13-12-9(10-7-14-10)6-8-4-2-1-3-5-8/h4-12,17,22-23,26,28H,13-16H2,1-3H3,(H,24,27);2*3-11,16,20-21,24-25H,12-15,22H2,1-2H3;2*1-5,9-10H,6-7H2/t22-,23+;2*20-,21+;2*9-,10+/m00000/s1. The summed E-state index contributed by atoms with van der Waals surface area (Å²) in [6.45, 7) is 14.1. The van der Waals surface area contributed by atoms with Gasteiger partial charge in [0.05, 0.1) is 96.4 Å². The van der Waals surface area contributed by atoms with E-state index in [-0.39, 0.29) is 122 Å². The smallest absolute Gasteiger partial charge is 0.243 e. The molecule has 10 rings (SSSR count). The molecule has 2 aliphatic heterocycles. The van der Waals surface area contributed by atoms with E-state index in [9.17, 15) is 55.6 Å². The van der Waals surface area contributed by atoms with Gasteiger partial charge in [-0.2, -0.15) is 12.9 Å². The van der Waals surface area contributed by atoms with Gasteiger partial charge in [0, 0.05) is 68.1 Å². The quantitative estimate of drug-likeness (QED) is 0.00748. The molecular formula is C85H114N12O15S3. The van der Waals surface area contributed by atoms with Crippen LogP contribution >= 0.6 is 0 Å². The van der Waals surface area contributed by atoms with Gasteiger partial charge in [0.2, 0.25) is 36.0 Å². The van der Waals surface area contributed by atoms with Crippen LogP contribution in [-0.2, 0) is 96.3 Å². The van der Waals surface area contributed by atoms with E-state index in [1.165, 1.54) is 67.4 Å². The number of nitrogens with zero attached hydrogens (tertiary/aromatic N) is 9. The average molecular weight is 1640 g/mol. The lowest BCUT2D eigenvalue weighted by Gasteiger charge is -2.30. The number of amides is 1. The number of aliphatic hydroxyl groups is 6. The van der Waals surface area contributed by atoms with Crippen molar-refractivity contribution in [3.05, 3.63) is 290 Å². The number of sulfonamides is 3. The van der Waals surface area contributed by atoms with Crippen molar-refractivity contribution in [1.82, 2.24) is 18.2 Å². The summed E-state index contributed by atoms with van der Waals surface area (Å²) in [6.07, 6.45) is -0.0427. The fraction of sp³-hybridized carbons (Fsp3) is 0.424. The Morgan fingerprint density at radius 2 is 0.704 bits per heavy atom. The van der Waals surface area contributed by atoms with Crippen molar-refractivity contribution in [3.63, 3.8) is 0 Å². The molecule has 0 radical (unpaired) electrons. The number of benzene rings is 8. The van der Waals surface area contributed by atoms with Crippen molar-refractivity contribution in [2.75, 3.05) is 52.5 Å². The molecule has 2 heterocycles. The number of carbonyl (C=O) groups is 1. The Kier molecular flexibility index (Phi) is 40.2. The molecule has 115 heavy (non-hydrogen) atoms. The van der Waals surface area contributed by atoms with Gasteiger partial charge in [-0.1, -0.05) is 240 Å². The van der Waals surface area contributed by atoms with Crippen LogP contribution in [0.3, 0.4) is 0 Å². The molecule has 2 aliphatic rings. The second-order valence-electron chi connectivity index (χ2n) is 29.6. The molecule has 0 saturated carbocycles. The third-order valence-electron chi connectivity index (χ3n) is 18.4. The Balaban J connectivity index is 0.000000231. The first-order valence-electron chi connectivity index (χ1n) is 38.3. The molecule has 2 fully saturated rings. The Morgan fingerprint density at radius 3 is 0.991 bits per heavy atom. The molecule has 0 bridgehead atoms. The van der Waals surface area contributed by atoms with E-state index >= 15 is 0 Å². The van der Waals surface area contributed by atoms with E-state index in [0.29, 0.717) is 36.0 Å². The number of nitrogens with one attached hydrogen (secondary N) is 1. The summed E-state index contributed by atoms with van der Waals surface area (Å²) in [5.74, 6) is -0.109. The van der Waals surface area contributed by atoms with Gasteiger partial charge in [0.1, 0.15) is 0 Å². The van der Waals surface area contributed by atoms with Gasteiger partial charge in [0.15, 0.2) is 0 Å². The predicted octanol–water partition coefficient (Wildman–Crippen LogP) is 10.1. The summed E-state index contributed by atoms with van der Waals surface area (Å²) in [5.41, 5.74) is 36.0. The van der Waals surface area contributed by atoms with Crippen molar-refractivity contribution in [3.8, 4) is 0 Å². The number of aliphatic hydroxyl groups excluding tert-OH is 6. The summed E-state index contributed by atoms with van der Waals surface area (Å²) in [5, 5.41) is 70.2. The number of epoxide rings is 2. The summed E-state index contributed by atoms with van der Waals surface area (Å²) < 4.78 is 93.2. The van der Waals surface area contributed by atoms with Crippen LogP contribution in [0.5, 0.6) is 0 Å². The maximum absolute atomic E-state index is 13.3. The molecule has 2 saturated heterocycles. The van der Waals surface area contributed by atoms with Crippen molar-refractivity contribution in [2.45, 2.75) is 176 Å². The van der Waals surface area contributed by atoms with E-state index in [4.69, 9.17) is 37.1 Å². The highest BCUT2D eigenvalue weighted by molar-refractivity contribution is 7.89. The van der Waals surface area contributed by atoms with Gasteiger partial charge < -0.3 is 56.9 Å². The number of rotatable bonds is 39. The van der Waals surface area contributed by atoms with E-state index in [2.05, 4.69) is 25.4 Å². The normalized spacial score (nSPS) is 15.9. The zero-order valence-electron chi connectivity index (χ0n) is 66.4.